The Kier molecular flexibility index (Phi) is 3.98. The van der Waals surface area contributed by atoms with Gasteiger partial charge in [-0.3, -0.25) is 4.79 Å². The molecule has 20 heavy (non-hydrogen) atoms. The van der Waals surface area contributed by atoms with Crippen molar-refractivity contribution in [1.82, 2.24) is 5.32 Å². The highest BCUT2D eigenvalue weighted by Crippen LogP contribution is 2.11. The van der Waals surface area contributed by atoms with Gasteiger partial charge in [-0.2, -0.15) is 0 Å². The normalized spacial score (nSPS) is 10.3. The molecule has 1 aromatic carbocycles. The number of aryl methyl sites for hydroxylation is 2. The van der Waals surface area contributed by atoms with Gasteiger partial charge < -0.3 is 9.73 Å². The second-order valence-corrected chi connectivity index (χ2v) is 4.45. The fourth-order valence-corrected chi connectivity index (χ4v) is 2.00. The first-order valence-electron chi connectivity index (χ1n) is 6.12. The van der Waals surface area contributed by atoms with Crippen LogP contribution in [0.15, 0.2) is 39.5 Å². The van der Waals surface area contributed by atoms with E-state index in [1.54, 1.807) is 32.0 Å². The van der Waals surface area contributed by atoms with Crippen LogP contribution < -0.4 is 10.9 Å². The van der Waals surface area contributed by atoms with E-state index in [0.29, 0.717) is 16.7 Å². The van der Waals surface area contributed by atoms with E-state index in [1.165, 1.54) is 12.1 Å². The standard InChI is InChI=1S/C15H14FNO3/c1-9-7-13(18)20-10(2)14(9)15(19)17-8-11-5-3-4-6-12(11)16/h3-7H,8H2,1-2H3,(H,17,19). The zero-order chi connectivity index (χ0) is 14.7. The number of amides is 1. The third-order valence-electron chi connectivity index (χ3n) is 2.96. The van der Waals surface area contributed by atoms with Crippen molar-refractivity contribution in [3.63, 3.8) is 0 Å². The van der Waals surface area contributed by atoms with Crippen molar-refractivity contribution in [3.05, 3.63) is 69.0 Å². The molecule has 0 fully saturated rings. The van der Waals surface area contributed by atoms with Crippen molar-refractivity contribution in [1.29, 1.82) is 0 Å². The lowest BCUT2D eigenvalue weighted by atomic mass is 10.1. The lowest BCUT2D eigenvalue weighted by Gasteiger charge is -2.09. The predicted octanol–water partition coefficient (Wildman–Crippen LogP) is 2.33. The molecule has 4 nitrogen and oxygen atoms in total. The summed E-state index contributed by atoms with van der Waals surface area (Å²) in [4.78, 5) is 23.2. The molecule has 0 saturated heterocycles. The summed E-state index contributed by atoms with van der Waals surface area (Å²) in [5.41, 5.74) is 0.741. The summed E-state index contributed by atoms with van der Waals surface area (Å²) in [5.74, 6) is -0.520. The minimum Gasteiger partial charge on any atom is -0.427 e. The lowest BCUT2D eigenvalue weighted by Crippen LogP contribution is -2.25. The highest BCUT2D eigenvalue weighted by Gasteiger charge is 2.15. The second-order valence-electron chi connectivity index (χ2n) is 4.45. The molecule has 0 saturated carbocycles. The topological polar surface area (TPSA) is 59.3 Å². The SMILES string of the molecule is Cc1cc(=O)oc(C)c1C(=O)NCc1ccccc1F. The summed E-state index contributed by atoms with van der Waals surface area (Å²) in [6, 6.07) is 7.47. The van der Waals surface area contributed by atoms with Crippen molar-refractivity contribution < 1.29 is 13.6 Å². The van der Waals surface area contributed by atoms with Gasteiger partial charge in [0.1, 0.15) is 11.6 Å². The molecular formula is C15H14FNO3. The van der Waals surface area contributed by atoms with E-state index in [-0.39, 0.29) is 18.1 Å². The number of carbonyl (C=O) groups is 1. The molecule has 0 unspecified atom stereocenters. The fraction of sp³-hybridized carbons (Fsp3) is 0.200. The minimum atomic E-state index is -0.495. The molecule has 0 aliphatic rings. The maximum absolute atomic E-state index is 13.4. The van der Waals surface area contributed by atoms with Gasteiger partial charge in [0.05, 0.1) is 5.56 Å². The molecule has 0 radical (unpaired) electrons. The zero-order valence-corrected chi connectivity index (χ0v) is 11.2. The summed E-state index contributed by atoms with van der Waals surface area (Å²) in [6.45, 7) is 3.28. The quantitative estimate of drug-likeness (QED) is 0.935. The fourth-order valence-electron chi connectivity index (χ4n) is 2.00. The summed E-state index contributed by atoms with van der Waals surface area (Å²) in [7, 11) is 0. The first-order chi connectivity index (χ1) is 9.49. The Bertz CT molecular complexity index is 680. The molecule has 104 valence electrons. The van der Waals surface area contributed by atoms with E-state index in [9.17, 15) is 14.0 Å². The molecule has 1 aromatic heterocycles. The molecular weight excluding hydrogens is 261 g/mol. The summed E-state index contributed by atoms with van der Waals surface area (Å²) in [5, 5.41) is 2.62. The molecule has 1 N–H and O–H groups in total. The van der Waals surface area contributed by atoms with E-state index < -0.39 is 11.5 Å². The molecule has 1 amide bonds. The predicted molar refractivity (Wildman–Crippen MR) is 72.0 cm³/mol. The highest BCUT2D eigenvalue weighted by molar-refractivity contribution is 5.96. The van der Waals surface area contributed by atoms with Crippen LogP contribution in [0.2, 0.25) is 0 Å². The molecule has 2 rings (SSSR count). The average molecular weight is 275 g/mol. The average Bonchev–Trinajstić information content (AvgIpc) is 2.36. The number of hydrogen-bond acceptors (Lipinski definition) is 3. The van der Waals surface area contributed by atoms with Crippen LogP contribution in [-0.2, 0) is 6.54 Å². The Morgan fingerprint density at radius 2 is 2.00 bits per heavy atom. The maximum atomic E-state index is 13.4. The number of nitrogens with one attached hydrogen (secondary N) is 1. The molecule has 0 aliphatic carbocycles. The van der Waals surface area contributed by atoms with Crippen LogP contribution in [0, 0.1) is 19.7 Å². The van der Waals surface area contributed by atoms with E-state index in [0.717, 1.165) is 0 Å². The molecule has 2 aromatic rings. The number of hydrogen-bond donors (Lipinski definition) is 1. The van der Waals surface area contributed by atoms with Gasteiger partial charge in [0.25, 0.3) is 5.91 Å². The van der Waals surface area contributed by atoms with Gasteiger partial charge in [0.2, 0.25) is 0 Å². The molecule has 0 aliphatic heterocycles. The summed E-state index contributed by atoms with van der Waals surface area (Å²) < 4.78 is 18.3. The molecule has 0 bridgehead atoms. The number of rotatable bonds is 3. The summed E-state index contributed by atoms with van der Waals surface area (Å²) >= 11 is 0. The Morgan fingerprint density at radius 3 is 2.65 bits per heavy atom. The van der Waals surface area contributed by atoms with Crippen LogP contribution in [0.5, 0.6) is 0 Å². The van der Waals surface area contributed by atoms with Crippen molar-refractivity contribution in [3.8, 4) is 0 Å². The van der Waals surface area contributed by atoms with Crippen molar-refractivity contribution in [2.24, 2.45) is 0 Å². The zero-order valence-electron chi connectivity index (χ0n) is 11.2. The Balaban J connectivity index is 2.18. The van der Waals surface area contributed by atoms with Crippen LogP contribution in [0.25, 0.3) is 0 Å². The van der Waals surface area contributed by atoms with E-state index in [1.807, 2.05) is 0 Å². The Morgan fingerprint density at radius 1 is 1.30 bits per heavy atom. The lowest BCUT2D eigenvalue weighted by molar-refractivity contribution is 0.0946. The van der Waals surface area contributed by atoms with Gasteiger partial charge >= 0.3 is 5.63 Å². The number of halogens is 1. The van der Waals surface area contributed by atoms with Gasteiger partial charge in [-0.15, -0.1) is 0 Å². The van der Waals surface area contributed by atoms with Crippen LogP contribution in [-0.4, -0.2) is 5.91 Å². The minimum absolute atomic E-state index is 0.0729. The molecule has 1 heterocycles. The van der Waals surface area contributed by atoms with E-state index in [2.05, 4.69) is 5.32 Å². The first-order valence-corrected chi connectivity index (χ1v) is 6.12. The Labute approximate surface area is 115 Å². The Hall–Kier alpha value is -2.43. The first kappa shape index (κ1) is 14.0. The van der Waals surface area contributed by atoms with Crippen LogP contribution in [0.1, 0.15) is 27.2 Å². The molecule has 5 heteroatoms. The van der Waals surface area contributed by atoms with Crippen LogP contribution in [0.3, 0.4) is 0 Å². The van der Waals surface area contributed by atoms with Crippen LogP contribution >= 0.6 is 0 Å². The smallest absolute Gasteiger partial charge is 0.336 e. The van der Waals surface area contributed by atoms with E-state index >= 15 is 0 Å². The van der Waals surface area contributed by atoms with Crippen LogP contribution in [0.4, 0.5) is 4.39 Å². The van der Waals surface area contributed by atoms with Gasteiger partial charge in [0.15, 0.2) is 0 Å². The maximum Gasteiger partial charge on any atom is 0.336 e. The third kappa shape index (κ3) is 2.93. The molecule has 0 atom stereocenters. The van der Waals surface area contributed by atoms with Gasteiger partial charge in [0, 0.05) is 18.2 Å². The van der Waals surface area contributed by atoms with Crippen molar-refractivity contribution >= 4 is 5.91 Å². The third-order valence-corrected chi connectivity index (χ3v) is 2.96. The van der Waals surface area contributed by atoms with Gasteiger partial charge in [-0.05, 0) is 25.5 Å². The second kappa shape index (κ2) is 5.69. The summed E-state index contributed by atoms with van der Waals surface area (Å²) in [6.07, 6.45) is 0. The van der Waals surface area contributed by atoms with Crippen molar-refractivity contribution in [2.75, 3.05) is 0 Å². The largest absolute Gasteiger partial charge is 0.427 e. The van der Waals surface area contributed by atoms with Gasteiger partial charge in [-0.25, -0.2) is 9.18 Å². The van der Waals surface area contributed by atoms with E-state index in [4.69, 9.17) is 4.42 Å². The number of benzene rings is 1. The monoisotopic (exact) mass is 275 g/mol. The van der Waals surface area contributed by atoms with Gasteiger partial charge in [-0.1, -0.05) is 18.2 Å². The van der Waals surface area contributed by atoms with Crippen molar-refractivity contribution in [2.45, 2.75) is 20.4 Å². The molecule has 0 spiro atoms. The highest BCUT2D eigenvalue weighted by atomic mass is 19.1. The number of carbonyl (C=O) groups excluding carboxylic acids is 1.